The van der Waals surface area contributed by atoms with Gasteiger partial charge >= 0.3 is 5.97 Å². The molecule has 0 fully saturated rings. The van der Waals surface area contributed by atoms with Gasteiger partial charge in [-0.25, -0.2) is 0 Å². The van der Waals surface area contributed by atoms with Crippen LogP contribution in [0.4, 0.5) is 0 Å². The molecule has 0 aliphatic rings. The smallest absolute Gasteiger partial charge is 0.305 e. The summed E-state index contributed by atoms with van der Waals surface area (Å²) in [5.74, 6) is -0.0743. The standard InChI is InChI=1S/C21H42O3/c1-4-5-6-14-17-20(23-2)18-15-12-10-8-7-9-11-13-16-19-21(22)24-3/h20H,4-19H2,1-3H3. The minimum Gasteiger partial charge on any atom is -0.469 e. The molecule has 0 rings (SSSR count). The predicted octanol–water partition coefficient (Wildman–Crippen LogP) is 6.44. The zero-order chi connectivity index (χ0) is 17.9. The second kappa shape index (κ2) is 18.8. The van der Waals surface area contributed by atoms with Crippen LogP contribution in [0, 0.1) is 0 Å². The summed E-state index contributed by atoms with van der Waals surface area (Å²) in [6.45, 7) is 2.26. The maximum atomic E-state index is 11.0. The van der Waals surface area contributed by atoms with Crippen LogP contribution in [-0.2, 0) is 14.3 Å². The monoisotopic (exact) mass is 342 g/mol. The molecule has 0 heterocycles. The van der Waals surface area contributed by atoms with Crippen LogP contribution in [0.5, 0.6) is 0 Å². The van der Waals surface area contributed by atoms with E-state index in [0.717, 1.165) is 12.8 Å². The van der Waals surface area contributed by atoms with Crippen molar-refractivity contribution in [3.8, 4) is 0 Å². The van der Waals surface area contributed by atoms with Gasteiger partial charge in [-0.15, -0.1) is 0 Å². The summed E-state index contributed by atoms with van der Waals surface area (Å²) in [5.41, 5.74) is 0. The molecule has 0 aromatic carbocycles. The molecule has 0 spiro atoms. The van der Waals surface area contributed by atoms with Gasteiger partial charge < -0.3 is 9.47 Å². The van der Waals surface area contributed by atoms with Crippen LogP contribution in [0.15, 0.2) is 0 Å². The minimum atomic E-state index is -0.0743. The van der Waals surface area contributed by atoms with Crippen molar-refractivity contribution in [2.24, 2.45) is 0 Å². The van der Waals surface area contributed by atoms with E-state index in [9.17, 15) is 4.79 Å². The van der Waals surface area contributed by atoms with Crippen LogP contribution in [0.2, 0.25) is 0 Å². The fourth-order valence-corrected chi connectivity index (χ4v) is 3.16. The fraction of sp³-hybridized carbons (Fsp3) is 0.952. The molecule has 3 heteroatoms. The third kappa shape index (κ3) is 16.3. The van der Waals surface area contributed by atoms with Crippen molar-refractivity contribution in [2.75, 3.05) is 14.2 Å². The Balaban J connectivity index is 3.26. The molecular formula is C21H42O3. The Labute approximate surface area is 150 Å². The van der Waals surface area contributed by atoms with Gasteiger partial charge in [-0.1, -0.05) is 84.0 Å². The zero-order valence-electron chi connectivity index (χ0n) is 16.6. The maximum Gasteiger partial charge on any atom is 0.305 e. The number of hydrogen-bond acceptors (Lipinski definition) is 3. The van der Waals surface area contributed by atoms with Gasteiger partial charge in [-0.2, -0.15) is 0 Å². The summed E-state index contributed by atoms with van der Waals surface area (Å²) in [5, 5.41) is 0. The fourth-order valence-electron chi connectivity index (χ4n) is 3.16. The SMILES string of the molecule is CCCCCCC(CCCCCCCCCCCC(=O)OC)OC. The molecule has 0 amide bonds. The Morgan fingerprint density at radius 1 is 0.708 bits per heavy atom. The lowest BCUT2D eigenvalue weighted by Crippen LogP contribution is -2.10. The van der Waals surface area contributed by atoms with E-state index in [1.165, 1.54) is 90.6 Å². The molecule has 0 aliphatic heterocycles. The number of methoxy groups -OCH3 is 2. The molecule has 3 nitrogen and oxygen atoms in total. The van der Waals surface area contributed by atoms with Crippen molar-refractivity contribution in [3.63, 3.8) is 0 Å². The highest BCUT2D eigenvalue weighted by molar-refractivity contribution is 5.68. The average molecular weight is 343 g/mol. The van der Waals surface area contributed by atoms with Gasteiger partial charge in [0.05, 0.1) is 13.2 Å². The van der Waals surface area contributed by atoms with E-state index < -0.39 is 0 Å². The number of hydrogen-bond donors (Lipinski definition) is 0. The highest BCUT2D eigenvalue weighted by Gasteiger charge is 2.06. The van der Waals surface area contributed by atoms with Crippen molar-refractivity contribution >= 4 is 5.97 Å². The van der Waals surface area contributed by atoms with Crippen LogP contribution in [-0.4, -0.2) is 26.3 Å². The topological polar surface area (TPSA) is 35.5 Å². The summed E-state index contributed by atoms with van der Waals surface area (Å²) >= 11 is 0. The second-order valence-corrected chi connectivity index (χ2v) is 7.00. The number of rotatable bonds is 18. The van der Waals surface area contributed by atoms with Gasteiger partial charge in [0.2, 0.25) is 0 Å². The Hall–Kier alpha value is -0.570. The van der Waals surface area contributed by atoms with Crippen LogP contribution in [0.3, 0.4) is 0 Å². The Kier molecular flexibility index (Phi) is 18.3. The lowest BCUT2D eigenvalue weighted by Gasteiger charge is -2.15. The second-order valence-electron chi connectivity index (χ2n) is 7.00. The Morgan fingerprint density at radius 2 is 1.17 bits per heavy atom. The normalized spacial score (nSPS) is 12.3. The molecule has 1 unspecified atom stereocenters. The van der Waals surface area contributed by atoms with Gasteiger partial charge in [-0.3, -0.25) is 4.79 Å². The van der Waals surface area contributed by atoms with E-state index in [1.807, 2.05) is 7.11 Å². The van der Waals surface area contributed by atoms with Gasteiger partial charge in [0.25, 0.3) is 0 Å². The lowest BCUT2D eigenvalue weighted by molar-refractivity contribution is -0.140. The highest BCUT2D eigenvalue weighted by atomic mass is 16.5. The molecule has 0 aromatic heterocycles. The molecule has 0 radical (unpaired) electrons. The third-order valence-corrected chi connectivity index (χ3v) is 4.85. The van der Waals surface area contributed by atoms with E-state index >= 15 is 0 Å². The van der Waals surface area contributed by atoms with Crippen LogP contribution in [0.1, 0.15) is 110 Å². The zero-order valence-corrected chi connectivity index (χ0v) is 16.6. The largest absolute Gasteiger partial charge is 0.469 e. The third-order valence-electron chi connectivity index (χ3n) is 4.85. The van der Waals surface area contributed by atoms with Crippen molar-refractivity contribution < 1.29 is 14.3 Å². The number of esters is 1. The Bertz CT molecular complexity index is 266. The van der Waals surface area contributed by atoms with E-state index in [1.54, 1.807) is 0 Å². The first-order valence-electron chi connectivity index (χ1n) is 10.3. The summed E-state index contributed by atoms with van der Waals surface area (Å²) < 4.78 is 10.2. The number of carbonyl (C=O) groups excluding carboxylic acids is 1. The van der Waals surface area contributed by atoms with Crippen LogP contribution < -0.4 is 0 Å². The van der Waals surface area contributed by atoms with Crippen molar-refractivity contribution in [1.29, 1.82) is 0 Å². The molecule has 0 aromatic rings. The van der Waals surface area contributed by atoms with Crippen molar-refractivity contribution in [3.05, 3.63) is 0 Å². The summed E-state index contributed by atoms with van der Waals surface area (Å²) in [4.78, 5) is 11.0. The summed E-state index contributed by atoms with van der Waals surface area (Å²) in [6.07, 6.45) is 20.3. The molecule has 144 valence electrons. The average Bonchev–Trinajstić information content (AvgIpc) is 2.61. The molecule has 0 saturated heterocycles. The van der Waals surface area contributed by atoms with Gasteiger partial charge in [-0.05, 0) is 19.3 Å². The molecule has 0 aliphatic carbocycles. The van der Waals surface area contributed by atoms with Crippen molar-refractivity contribution in [1.82, 2.24) is 0 Å². The van der Waals surface area contributed by atoms with E-state index in [4.69, 9.17) is 4.74 Å². The minimum absolute atomic E-state index is 0.0743. The van der Waals surface area contributed by atoms with Crippen LogP contribution in [0.25, 0.3) is 0 Å². The predicted molar refractivity (Wildman–Crippen MR) is 102 cm³/mol. The van der Waals surface area contributed by atoms with E-state index in [2.05, 4.69) is 11.7 Å². The Morgan fingerprint density at radius 3 is 1.62 bits per heavy atom. The summed E-state index contributed by atoms with van der Waals surface area (Å²) in [6, 6.07) is 0. The molecule has 0 bridgehead atoms. The molecule has 0 saturated carbocycles. The maximum absolute atomic E-state index is 11.0. The van der Waals surface area contributed by atoms with E-state index in [-0.39, 0.29) is 5.97 Å². The number of ether oxygens (including phenoxy) is 2. The molecule has 1 atom stereocenters. The summed E-state index contributed by atoms with van der Waals surface area (Å²) in [7, 11) is 3.33. The van der Waals surface area contributed by atoms with Gasteiger partial charge in [0, 0.05) is 13.5 Å². The number of carbonyl (C=O) groups is 1. The molecule has 0 N–H and O–H groups in total. The first-order chi connectivity index (χ1) is 11.7. The number of unbranched alkanes of at least 4 members (excludes halogenated alkanes) is 11. The van der Waals surface area contributed by atoms with Gasteiger partial charge in [0.15, 0.2) is 0 Å². The molecular weight excluding hydrogens is 300 g/mol. The van der Waals surface area contributed by atoms with Gasteiger partial charge in [0.1, 0.15) is 0 Å². The van der Waals surface area contributed by atoms with Crippen molar-refractivity contribution in [2.45, 2.75) is 116 Å². The first kappa shape index (κ1) is 23.4. The quantitative estimate of drug-likeness (QED) is 0.212. The van der Waals surface area contributed by atoms with Crippen LogP contribution >= 0.6 is 0 Å². The highest BCUT2D eigenvalue weighted by Crippen LogP contribution is 2.16. The molecule has 24 heavy (non-hydrogen) atoms. The first-order valence-corrected chi connectivity index (χ1v) is 10.3. The lowest BCUT2D eigenvalue weighted by atomic mass is 10.0. The van der Waals surface area contributed by atoms with E-state index in [0.29, 0.717) is 12.5 Å².